The van der Waals surface area contributed by atoms with E-state index < -0.39 is 5.97 Å². The van der Waals surface area contributed by atoms with Gasteiger partial charge < -0.3 is 9.84 Å². The molecule has 3 nitrogen and oxygen atoms in total. The number of fused-ring (bicyclic) bond motifs is 1. The van der Waals surface area contributed by atoms with E-state index in [0.717, 1.165) is 37.2 Å². The molecule has 0 aromatic heterocycles. The predicted molar refractivity (Wildman–Crippen MR) is 70.8 cm³/mol. The topological polar surface area (TPSA) is 46.5 Å². The van der Waals surface area contributed by atoms with Crippen LogP contribution in [0.2, 0.25) is 0 Å². The number of hydrogen-bond donors (Lipinski definition) is 1. The van der Waals surface area contributed by atoms with E-state index in [0.29, 0.717) is 12.0 Å². The molecule has 0 fully saturated rings. The maximum atomic E-state index is 10.9. The Morgan fingerprint density at radius 2 is 2.22 bits per heavy atom. The zero-order chi connectivity index (χ0) is 13.0. The number of carboxylic acid groups (broad SMARTS) is 1. The Morgan fingerprint density at radius 1 is 1.39 bits per heavy atom. The van der Waals surface area contributed by atoms with Crippen molar-refractivity contribution in [3.8, 4) is 5.75 Å². The van der Waals surface area contributed by atoms with Crippen LogP contribution in [-0.2, 0) is 11.2 Å². The molecule has 1 aromatic rings. The van der Waals surface area contributed by atoms with Crippen molar-refractivity contribution in [2.45, 2.75) is 32.6 Å². The fraction of sp³-hybridized carbons (Fsp3) is 0.400. The molecular formula is C15H18O3. The first-order chi connectivity index (χ1) is 8.70. The van der Waals surface area contributed by atoms with Crippen molar-refractivity contribution in [1.82, 2.24) is 0 Å². The van der Waals surface area contributed by atoms with Crippen LogP contribution in [0.3, 0.4) is 0 Å². The summed E-state index contributed by atoms with van der Waals surface area (Å²) in [6.07, 6.45) is 5.31. The van der Waals surface area contributed by atoms with Crippen LogP contribution in [0.15, 0.2) is 23.8 Å². The minimum Gasteiger partial charge on any atom is -0.494 e. The number of hydrogen-bond acceptors (Lipinski definition) is 2. The summed E-state index contributed by atoms with van der Waals surface area (Å²) in [6, 6.07) is 5.88. The highest BCUT2D eigenvalue weighted by Gasteiger charge is 2.15. The maximum absolute atomic E-state index is 10.9. The van der Waals surface area contributed by atoms with E-state index in [1.165, 1.54) is 5.56 Å². The summed E-state index contributed by atoms with van der Waals surface area (Å²) in [7, 11) is 0. The zero-order valence-electron chi connectivity index (χ0n) is 10.6. The molecule has 0 saturated heterocycles. The Hall–Kier alpha value is -1.77. The maximum Gasteiger partial charge on any atom is 0.331 e. The number of aryl methyl sites for hydroxylation is 1. The van der Waals surface area contributed by atoms with Gasteiger partial charge in [0.15, 0.2) is 0 Å². The molecule has 0 bridgehead atoms. The molecule has 1 N–H and O–H groups in total. The third kappa shape index (κ3) is 2.92. The van der Waals surface area contributed by atoms with Crippen LogP contribution in [0.1, 0.15) is 37.3 Å². The average Bonchev–Trinajstić information content (AvgIpc) is 2.38. The largest absolute Gasteiger partial charge is 0.494 e. The van der Waals surface area contributed by atoms with E-state index in [-0.39, 0.29) is 0 Å². The Labute approximate surface area is 107 Å². The average molecular weight is 246 g/mol. The van der Waals surface area contributed by atoms with E-state index in [9.17, 15) is 4.79 Å². The summed E-state index contributed by atoms with van der Waals surface area (Å²) in [5, 5.41) is 8.97. The quantitative estimate of drug-likeness (QED) is 0.811. The number of unbranched alkanes of at least 4 members (excludes halogenated alkanes) is 1. The van der Waals surface area contributed by atoms with Gasteiger partial charge in [-0.3, -0.25) is 0 Å². The molecule has 2 rings (SSSR count). The summed E-state index contributed by atoms with van der Waals surface area (Å²) in [6.45, 7) is 2.87. The predicted octanol–water partition coefficient (Wildman–Crippen LogP) is 3.28. The molecular weight excluding hydrogens is 228 g/mol. The van der Waals surface area contributed by atoms with Crippen molar-refractivity contribution in [2.75, 3.05) is 6.61 Å². The molecule has 0 unspecified atom stereocenters. The monoisotopic (exact) mass is 246 g/mol. The van der Waals surface area contributed by atoms with Crippen LogP contribution in [0.25, 0.3) is 6.08 Å². The number of carboxylic acids is 1. The van der Waals surface area contributed by atoms with Gasteiger partial charge in [0.25, 0.3) is 0 Å². The Kier molecular flexibility index (Phi) is 4.03. The lowest BCUT2D eigenvalue weighted by atomic mass is 9.92. The van der Waals surface area contributed by atoms with Gasteiger partial charge in [0, 0.05) is 5.57 Å². The molecule has 0 atom stereocenters. The zero-order valence-corrected chi connectivity index (χ0v) is 10.6. The molecule has 18 heavy (non-hydrogen) atoms. The fourth-order valence-electron chi connectivity index (χ4n) is 2.06. The van der Waals surface area contributed by atoms with Gasteiger partial charge in [-0.15, -0.1) is 0 Å². The summed E-state index contributed by atoms with van der Waals surface area (Å²) < 4.78 is 5.65. The Morgan fingerprint density at radius 3 is 2.94 bits per heavy atom. The van der Waals surface area contributed by atoms with E-state index in [1.807, 2.05) is 18.2 Å². The Bertz CT molecular complexity index is 475. The van der Waals surface area contributed by atoms with E-state index >= 15 is 0 Å². The third-order valence-electron chi connectivity index (χ3n) is 3.15. The summed E-state index contributed by atoms with van der Waals surface area (Å²) >= 11 is 0. The Balaban J connectivity index is 2.12. The number of ether oxygens (including phenoxy) is 1. The van der Waals surface area contributed by atoms with Crippen molar-refractivity contribution in [3.05, 3.63) is 34.9 Å². The SMILES string of the molecule is CCCCOc1ccc2c(c1)CCC(C(=O)O)=C2. The van der Waals surface area contributed by atoms with Crippen molar-refractivity contribution in [3.63, 3.8) is 0 Å². The number of rotatable bonds is 5. The molecule has 0 aliphatic heterocycles. The number of carbonyl (C=O) groups is 1. The summed E-state index contributed by atoms with van der Waals surface area (Å²) in [4.78, 5) is 10.9. The molecule has 1 aliphatic rings. The van der Waals surface area contributed by atoms with Gasteiger partial charge in [-0.1, -0.05) is 19.4 Å². The first-order valence-electron chi connectivity index (χ1n) is 6.40. The molecule has 1 aromatic carbocycles. The van der Waals surface area contributed by atoms with Gasteiger partial charge in [-0.25, -0.2) is 4.79 Å². The highest BCUT2D eigenvalue weighted by atomic mass is 16.5. The van der Waals surface area contributed by atoms with E-state index in [1.54, 1.807) is 6.08 Å². The standard InChI is InChI=1S/C15H18O3/c1-2-3-8-18-14-7-6-11-9-13(15(16)17)5-4-12(11)10-14/h6-7,9-10H,2-5,8H2,1H3,(H,16,17). The van der Waals surface area contributed by atoms with Gasteiger partial charge in [0.2, 0.25) is 0 Å². The smallest absolute Gasteiger partial charge is 0.331 e. The lowest BCUT2D eigenvalue weighted by molar-refractivity contribution is -0.132. The third-order valence-corrected chi connectivity index (χ3v) is 3.15. The van der Waals surface area contributed by atoms with Gasteiger partial charge in [0.1, 0.15) is 5.75 Å². The van der Waals surface area contributed by atoms with Crippen molar-refractivity contribution < 1.29 is 14.6 Å². The van der Waals surface area contributed by atoms with Crippen LogP contribution in [-0.4, -0.2) is 17.7 Å². The highest BCUT2D eigenvalue weighted by molar-refractivity contribution is 5.93. The second kappa shape index (κ2) is 5.71. The summed E-state index contributed by atoms with van der Waals surface area (Å²) in [5.74, 6) is 0.0679. The van der Waals surface area contributed by atoms with Crippen LogP contribution in [0.4, 0.5) is 0 Å². The molecule has 0 heterocycles. The van der Waals surface area contributed by atoms with Gasteiger partial charge in [0.05, 0.1) is 6.61 Å². The molecule has 0 spiro atoms. The normalized spacial score (nSPS) is 13.7. The van der Waals surface area contributed by atoms with Crippen LogP contribution in [0.5, 0.6) is 5.75 Å². The lowest BCUT2D eigenvalue weighted by Gasteiger charge is -2.15. The summed E-state index contributed by atoms with van der Waals surface area (Å²) in [5.41, 5.74) is 2.66. The fourth-order valence-corrected chi connectivity index (χ4v) is 2.06. The van der Waals surface area contributed by atoms with Crippen molar-refractivity contribution >= 4 is 12.0 Å². The lowest BCUT2D eigenvalue weighted by Crippen LogP contribution is -2.07. The van der Waals surface area contributed by atoms with Crippen LogP contribution < -0.4 is 4.74 Å². The first-order valence-corrected chi connectivity index (χ1v) is 6.40. The second-order valence-corrected chi connectivity index (χ2v) is 4.54. The van der Waals surface area contributed by atoms with Gasteiger partial charge in [-0.2, -0.15) is 0 Å². The van der Waals surface area contributed by atoms with Gasteiger partial charge in [-0.05, 0) is 48.6 Å². The minimum atomic E-state index is -0.816. The number of aliphatic carboxylic acids is 1. The molecule has 3 heteroatoms. The van der Waals surface area contributed by atoms with Crippen LogP contribution in [0, 0.1) is 0 Å². The van der Waals surface area contributed by atoms with E-state index in [4.69, 9.17) is 9.84 Å². The second-order valence-electron chi connectivity index (χ2n) is 4.54. The minimum absolute atomic E-state index is 0.488. The van der Waals surface area contributed by atoms with Crippen molar-refractivity contribution in [2.24, 2.45) is 0 Å². The van der Waals surface area contributed by atoms with E-state index in [2.05, 4.69) is 6.92 Å². The highest BCUT2D eigenvalue weighted by Crippen LogP contribution is 2.27. The number of benzene rings is 1. The van der Waals surface area contributed by atoms with Crippen LogP contribution >= 0.6 is 0 Å². The molecule has 0 radical (unpaired) electrons. The van der Waals surface area contributed by atoms with Gasteiger partial charge >= 0.3 is 5.97 Å². The molecule has 96 valence electrons. The molecule has 1 aliphatic carbocycles. The molecule has 0 saturated carbocycles. The first kappa shape index (κ1) is 12.7. The molecule has 0 amide bonds. The van der Waals surface area contributed by atoms with Crippen molar-refractivity contribution in [1.29, 1.82) is 0 Å².